The molecule has 2 aromatic carbocycles. The van der Waals surface area contributed by atoms with Crippen LogP contribution in [0, 0.1) is 0 Å². The lowest BCUT2D eigenvalue weighted by molar-refractivity contribution is 0.281. The number of hydrogen-bond acceptors (Lipinski definition) is 1. The Morgan fingerprint density at radius 2 is 1.75 bits per heavy atom. The van der Waals surface area contributed by atoms with E-state index in [0.29, 0.717) is 0 Å². The number of para-hydroxylation sites is 1. The molecule has 1 aliphatic rings. The van der Waals surface area contributed by atoms with Crippen LogP contribution >= 0.6 is 0 Å². The number of rotatable bonds is 5. The van der Waals surface area contributed by atoms with Crippen molar-refractivity contribution in [3.8, 4) is 0 Å². The molecule has 0 radical (unpaired) electrons. The van der Waals surface area contributed by atoms with E-state index < -0.39 is 0 Å². The fourth-order valence-electron chi connectivity index (χ4n) is 3.53. The zero-order valence-electron chi connectivity index (χ0n) is 14.0. The van der Waals surface area contributed by atoms with E-state index in [-0.39, 0.29) is 0 Å². The Morgan fingerprint density at radius 1 is 0.917 bits per heavy atom. The van der Waals surface area contributed by atoms with Gasteiger partial charge in [0.15, 0.2) is 0 Å². The molecule has 3 aromatic rings. The van der Waals surface area contributed by atoms with E-state index in [4.69, 9.17) is 0 Å². The number of nitrogens with zero attached hydrogens (tertiary/aromatic N) is 1. The van der Waals surface area contributed by atoms with Crippen molar-refractivity contribution in [1.29, 1.82) is 0 Å². The summed E-state index contributed by atoms with van der Waals surface area (Å²) in [7, 11) is 0. The molecule has 2 nitrogen and oxygen atoms in total. The van der Waals surface area contributed by atoms with Gasteiger partial charge in [-0.2, -0.15) is 0 Å². The second-order valence-corrected chi connectivity index (χ2v) is 6.71. The average molecular weight is 316 g/mol. The number of hydrogen-bond donors (Lipinski definition) is 1. The zero-order valence-corrected chi connectivity index (χ0v) is 14.0. The lowest BCUT2D eigenvalue weighted by Gasteiger charge is -2.26. The molecular weight excluding hydrogens is 292 g/mol. The molecule has 1 aliphatic heterocycles. The lowest BCUT2D eigenvalue weighted by atomic mass is 9.99. The number of aryl methyl sites for hydroxylation is 1. The molecule has 24 heavy (non-hydrogen) atoms. The monoisotopic (exact) mass is 316 g/mol. The van der Waals surface area contributed by atoms with Crippen LogP contribution in [-0.4, -0.2) is 23.0 Å². The molecule has 0 atom stereocenters. The Balaban J connectivity index is 1.32. The third-order valence-corrected chi connectivity index (χ3v) is 4.94. The van der Waals surface area contributed by atoms with E-state index in [1.54, 1.807) is 5.57 Å². The van der Waals surface area contributed by atoms with Crippen LogP contribution in [0.3, 0.4) is 0 Å². The summed E-state index contributed by atoms with van der Waals surface area (Å²) in [4.78, 5) is 6.06. The SMILES string of the molecule is C1=C(CCc2ccccc2)CCN(Cc2cc3ccccc3[nH]2)C1. The smallest absolute Gasteiger partial charge is 0.0456 e. The predicted molar refractivity (Wildman–Crippen MR) is 101 cm³/mol. The van der Waals surface area contributed by atoms with Crippen LogP contribution in [0.4, 0.5) is 0 Å². The van der Waals surface area contributed by atoms with E-state index in [9.17, 15) is 0 Å². The number of fused-ring (bicyclic) bond motifs is 1. The molecule has 1 N–H and O–H groups in total. The fourth-order valence-corrected chi connectivity index (χ4v) is 3.53. The van der Waals surface area contributed by atoms with Crippen molar-refractivity contribution in [2.24, 2.45) is 0 Å². The zero-order chi connectivity index (χ0) is 16.2. The maximum absolute atomic E-state index is 3.54. The summed E-state index contributed by atoms with van der Waals surface area (Å²) in [6, 6.07) is 21.6. The van der Waals surface area contributed by atoms with Gasteiger partial charge in [-0.3, -0.25) is 4.90 Å². The van der Waals surface area contributed by atoms with Crippen LogP contribution in [0.15, 0.2) is 72.3 Å². The van der Waals surface area contributed by atoms with E-state index in [0.717, 1.165) is 26.1 Å². The maximum Gasteiger partial charge on any atom is 0.0456 e. The van der Waals surface area contributed by atoms with Gasteiger partial charge < -0.3 is 4.98 Å². The second-order valence-electron chi connectivity index (χ2n) is 6.71. The number of nitrogens with one attached hydrogen (secondary N) is 1. The first-order valence-corrected chi connectivity index (χ1v) is 8.88. The van der Waals surface area contributed by atoms with Gasteiger partial charge in [0.1, 0.15) is 0 Å². The fraction of sp³-hybridized carbons (Fsp3) is 0.273. The Kier molecular flexibility index (Phi) is 4.48. The molecule has 1 aromatic heterocycles. The normalized spacial score (nSPS) is 15.6. The summed E-state index contributed by atoms with van der Waals surface area (Å²) in [6.07, 6.45) is 6.00. The van der Waals surface area contributed by atoms with Crippen LogP contribution in [-0.2, 0) is 13.0 Å². The molecule has 0 bridgehead atoms. The van der Waals surface area contributed by atoms with E-state index in [2.05, 4.69) is 76.6 Å². The number of benzene rings is 2. The Bertz CT molecular complexity index is 796. The highest BCUT2D eigenvalue weighted by Gasteiger charge is 2.13. The molecule has 0 amide bonds. The van der Waals surface area contributed by atoms with Gasteiger partial charge in [0.25, 0.3) is 0 Å². The van der Waals surface area contributed by atoms with E-state index >= 15 is 0 Å². The summed E-state index contributed by atoms with van der Waals surface area (Å²) >= 11 is 0. The van der Waals surface area contributed by atoms with Gasteiger partial charge >= 0.3 is 0 Å². The van der Waals surface area contributed by atoms with Gasteiger partial charge in [0, 0.05) is 30.8 Å². The number of aromatic nitrogens is 1. The minimum absolute atomic E-state index is 1.01. The molecule has 122 valence electrons. The van der Waals surface area contributed by atoms with Crippen molar-refractivity contribution in [1.82, 2.24) is 9.88 Å². The largest absolute Gasteiger partial charge is 0.357 e. The van der Waals surface area contributed by atoms with Crippen molar-refractivity contribution in [3.05, 3.63) is 83.6 Å². The van der Waals surface area contributed by atoms with Crippen molar-refractivity contribution in [3.63, 3.8) is 0 Å². The Morgan fingerprint density at radius 3 is 2.54 bits per heavy atom. The van der Waals surface area contributed by atoms with Crippen molar-refractivity contribution >= 4 is 10.9 Å². The Hall–Kier alpha value is -2.32. The summed E-state index contributed by atoms with van der Waals surface area (Å²) in [5.41, 5.74) is 5.62. The average Bonchev–Trinajstić information content (AvgIpc) is 3.04. The first-order chi connectivity index (χ1) is 11.9. The van der Waals surface area contributed by atoms with Gasteiger partial charge in [-0.05, 0) is 42.3 Å². The van der Waals surface area contributed by atoms with Crippen molar-refractivity contribution < 1.29 is 0 Å². The first-order valence-electron chi connectivity index (χ1n) is 8.88. The topological polar surface area (TPSA) is 19.0 Å². The summed E-state index contributed by atoms with van der Waals surface area (Å²) in [5, 5.41) is 1.31. The highest BCUT2D eigenvalue weighted by Crippen LogP contribution is 2.20. The van der Waals surface area contributed by atoms with Crippen LogP contribution in [0.2, 0.25) is 0 Å². The molecule has 0 unspecified atom stereocenters. The molecule has 0 saturated heterocycles. The van der Waals surface area contributed by atoms with E-state index in [1.807, 2.05) is 0 Å². The van der Waals surface area contributed by atoms with Crippen LogP contribution in [0.1, 0.15) is 24.1 Å². The van der Waals surface area contributed by atoms with Crippen LogP contribution in [0.5, 0.6) is 0 Å². The van der Waals surface area contributed by atoms with Crippen molar-refractivity contribution in [2.75, 3.05) is 13.1 Å². The van der Waals surface area contributed by atoms with Crippen molar-refractivity contribution in [2.45, 2.75) is 25.8 Å². The number of aromatic amines is 1. The van der Waals surface area contributed by atoms with E-state index in [1.165, 1.54) is 35.0 Å². The second kappa shape index (κ2) is 7.06. The lowest BCUT2D eigenvalue weighted by Crippen LogP contribution is -2.28. The third-order valence-electron chi connectivity index (χ3n) is 4.94. The summed E-state index contributed by atoms with van der Waals surface area (Å²) in [6.45, 7) is 3.24. The molecule has 2 heterocycles. The molecule has 0 saturated carbocycles. The van der Waals surface area contributed by atoms with Crippen LogP contribution in [0.25, 0.3) is 10.9 Å². The molecule has 2 heteroatoms. The Labute approximate surface area is 143 Å². The molecule has 0 fully saturated rings. The number of H-pyrrole nitrogens is 1. The summed E-state index contributed by atoms with van der Waals surface area (Å²) < 4.78 is 0. The van der Waals surface area contributed by atoms with Crippen LogP contribution < -0.4 is 0 Å². The molecule has 0 aliphatic carbocycles. The van der Waals surface area contributed by atoms with Gasteiger partial charge in [0.2, 0.25) is 0 Å². The highest BCUT2D eigenvalue weighted by atomic mass is 15.1. The van der Waals surface area contributed by atoms with Gasteiger partial charge in [-0.25, -0.2) is 0 Å². The van der Waals surface area contributed by atoms with Gasteiger partial charge in [-0.15, -0.1) is 0 Å². The molecular formula is C22H24N2. The first kappa shape index (κ1) is 15.2. The van der Waals surface area contributed by atoms with Gasteiger partial charge in [-0.1, -0.05) is 60.2 Å². The highest BCUT2D eigenvalue weighted by molar-refractivity contribution is 5.80. The molecule has 4 rings (SSSR count). The third kappa shape index (κ3) is 3.60. The summed E-state index contributed by atoms with van der Waals surface area (Å²) in [5.74, 6) is 0. The predicted octanol–water partition coefficient (Wildman–Crippen LogP) is 4.93. The van der Waals surface area contributed by atoms with Gasteiger partial charge in [0.05, 0.1) is 0 Å². The maximum atomic E-state index is 3.54. The minimum Gasteiger partial charge on any atom is -0.357 e. The minimum atomic E-state index is 1.01. The quantitative estimate of drug-likeness (QED) is 0.661. The molecule has 0 spiro atoms. The standard InChI is InChI=1S/C22H24N2/c1-2-6-18(7-3-1)10-11-19-12-14-24(15-13-19)17-21-16-20-8-4-5-9-22(20)23-21/h1-9,12,16,23H,10-11,13-15,17H2.